The molecule has 2 aromatic rings. The summed E-state index contributed by atoms with van der Waals surface area (Å²) >= 11 is 0. The molecule has 0 radical (unpaired) electrons. The first-order valence-corrected chi connectivity index (χ1v) is 8.71. The van der Waals surface area contributed by atoms with Crippen LogP contribution in [0.15, 0.2) is 36.4 Å². The summed E-state index contributed by atoms with van der Waals surface area (Å²) in [5.41, 5.74) is 6.32. The third kappa shape index (κ3) is 3.97. The molecule has 0 amide bonds. The fourth-order valence-corrected chi connectivity index (χ4v) is 3.63. The maximum Gasteiger partial charge on any atom is 0.125 e. The van der Waals surface area contributed by atoms with Crippen molar-refractivity contribution in [2.75, 3.05) is 19.7 Å². The van der Waals surface area contributed by atoms with Crippen molar-refractivity contribution in [1.82, 2.24) is 4.90 Å². The summed E-state index contributed by atoms with van der Waals surface area (Å²) in [6, 6.07) is 12.8. The summed E-state index contributed by atoms with van der Waals surface area (Å²) in [6.07, 6.45) is 0.579. The molecule has 1 heterocycles. The summed E-state index contributed by atoms with van der Waals surface area (Å²) in [5, 5.41) is 10.4. The molecular weight excluding hydrogens is 298 g/mol. The highest BCUT2D eigenvalue weighted by molar-refractivity contribution is 5.42. The zero-order chi connectivity index (χ0) is 17.1. The highest BCUT2D eigenvalue weighted by Gasteiger charge is 2.19. The summed E-state index contributed by atoms with van der Waals surface area (Å²) in [6.45, 7) is 9.10. The molecule has 3 heteroatoms. The van der Waals surface area contributed by atoms with E-state index in [0.29, 0.717) is 13.2 Å². The number of hydrogen-bond acceptors (Lipinski definition) is 3. The molecule has 0 saturated carbocycles. The van der Waals surface area contributed by atoms with E-state index in [4.69, 9.17) is 4.74 Å². The second-order valence-electron chi connectivity index (χ2n) is 6.95. The fourth-order valence-electron chi connectivity index (χ4n) is 3.63. The average molecular weight is 325 g/mol. The normalized spacial score (nSPS) is 15.8. The molecule has 3 rings (SSSR count). The van der Waals surface area contributed by atoms with Gasteiger partial charge in [-0.05, 0) is 49.4 Å². The fraction of sp³-hybridized carbons (Fsp3) is 0.429. The predicted octanol–water partition coefficient (Wildman–Crippen LogP) is 3.41. The van der Waals surface area contributed by atoms with E-state index >= 15 is 0 Å². The molecule has 128 valence electrons. The average Bonchev–Trinajstić information content (AvgIpc) is 2.53. The van der Waals surface area contributed by atoms with Crippen molar-refractivity contribution in [1.29, 1.82) is 0 Å². The highest BCUT2D eigenvalue weighted by atomic mass is 16.5. The van der Waals surface area contributed by atoms with Crippen molar-refractivity contribution in [3.05, 3.63) is 64.2 Å². The highest BCUT2D eigenvalue weighted by Crippen LogP contribution is 2.25. The van der Waals surface area contributed by atoms with E-state index in [-0.39, 0.29) is 0 Å². The van der Waals surface area contributed by atoms with Crippen LogP contribution in [0.1, 0.15) is 27.8 Å². The van der Waals surface area contributed by atoms with E-state index in [1.54, 1.807) is 0 Å². The van der Waals surface area contributed by atoms with Crippen LogP contribution in [0.25, 0.3) is 0 Å². The van der Waals surface area contributed by atoms with Gasteiger partial charge >= 0.3 is 0 Å². The van der Waals surface area contributed by atoms with Crippen molar-refractivity contribution in [2.45, 2.75) is 39.8 Å². The van der Waals surface area contributed by atoms with Gasteiger partial charge in [-0.15, -0.1) is 0 Å². The molecule has 1 aliphatic rings. The first-order chi connectivity index (χ1) is 11.5. The maximum absolute atomic E-state index is 10.4. The van der Waals surface area contributed by atoms with Crippen molar-refractivity contribution in [3.63, 3.8) is 0 Å². The summed E-state index contributed by atoms with van der Waals surface area (Å²) in [4.78, 5) is 2.31. The molecule has 3 nitrogen and oxygen atoms in total. The van der Waals surface area contributed by atoms with Crippen LogP contribution >= 0.6 is 0 Å². The molecule has 0 bridgehead atoms. The van der Waals surface area contributed by atoms with Crippen molar-refractivity contribution >= 4 is 0 Å². The zero-order valence-electron chi connectivity index (χ0n) is 14.9. The van der Waals surface area contributed by atoms with Gasteiger partial charge in [0.2, 0.25) is 0 Å². The molecule has 0 fully saturated rings. The van der Waals surface area contributed by atoms with Crippen LogP contribution in [0.2, 0.25) is 0 Å². The van der Waals surface area contributed by atoms with Gasteiger partial charge in [-0.3, -0.25) is 4.90 Å². The van der Waals surface area contributed by atoms with E-state index in [0.717, 1.165) is 36.4 Å². The second kappa shape index (κ2) is 7.37. The zero-order valence-corrected chi connectivity index (χ0v) is 14.9. The van der Waals surface area contributed by atoms with E-state index in [9.17, 15) is 5.11 Å². The largest absolute Gasteiger partial charge is 0.490 e. The molecule has 0 aromatic heterocycles. The minimum Gasteiger partial charge on any atom is -0.490 e. The number of ether oxygens (including phenoxy) is 1. The van der Waals surface area contributed by atoms with Gasteiger partial charge < -0.3 is 9.84 Å². The van der Waals surface area contributed by atoms with Crippen LogP contribution < -0.4 is 4.74 Å². The molecule has 1 N–H and O–H groups in total. The molecular formula is C21H27NO2. The molecule has 2 aromatic carbocycles. The van der Waals surface area contributed by atoms with E-state index in [1.807, 2.05) is 0 Å². The number of aliphatic hydroxyl groups is 1. The van der Waals surface area contributed by atoms with Gasteiger partial charge in [0, 0.05) is 19.6 Å². The van der Waals surface area contributed by atoms with Crippen molar-refractivity contribution in [3.8, 4) is 5.75 Å². The topological polar surface area (TPSA) is 32.7 Å². The smallest absolute Gasteiger partial charge is 0.125 e. The Morgan fingerprint density at radius 3 is 2.46 bits per heavy atom. The van der Waals surface area contributed by atoms with Gasteiger partial charge in [-0.25, -0.2) is 0 Å². The lowest BCUT2D eigenvalue weighted by Crippen LogP contribution is -2.38. The van der Waals surface area contributed by atoms with Gasteiger partial charge in [0.1, 0.15) is 18.5 Å². The Hall–Kier alpha value is -1.84. The lowest BCUT2D eigenvalue weighted by atomic mass is 10.00. The van der Waals surface area contributed by atoms with Gasteiger partial charge in [-0.2, -0.15) is 0 Å². The van der Waals surface area contributed by atoms with Crippen LogP contribution in [0, 0.1) is 20.8 Å². The molecule has 24 heavy (non-hydrogen) atoms. The molecule has 1 atom stereocenters. The molecule has 0 aliphatic carbocycles. The van der Waals surface area contributed by atoms with Crippen LogP contribution in [0.4, 0.5) is 0 Å². The van der Waals surface area contributed by atoms with Gasteiger partial charge in [0.15, 0.2) is 0 Å². The predicted molar refractivity (Wildman–Crippen MR) is 97.6 cm³/mol. The van der Waals surface area contributed by atoms with Gasteiger partial charge in [-0.1, -0.05) is 42.0 Å². The monoisotopic (exact) mass is 325 g/mol. The number of hydrogen-bond donors (Lipinski definition) is 1. The Bertz CT molecular complexity index is 688. The van der Waals surface area contributed by atoms with E-state index in [1.165, 1.54) is 16.7 Å². The number of aliphatic hydroxyl groups excluding tert-OH is 1. The Labute approximate surface area is 144 Å². The molecule has 0 spiro atoms. The van der Waals surface area contributed by atoms with Crippen LogP contribution in [-0.4, -0.2) is 35.8 Å². The van der Waals surface area contributed by atoms with E-state index < -0.39 is 6.10 Å². The third-order valence-corrected chi connectivity index (χ3v) is 4.70. The number of fused-ring (bicyclic) bond motifs is 1. The van der Waals surface area contributed by atoms with Gasteiger partial charge in [0.25, 0.3) is 0 Å². The number of β-amino-alcohol motifs (C(OH)–C–C–N with tert-alkyl or cyclic N) is 1. The standard InChI is InChI=1S/C21H27NO2/c1-15-10-16(2)21(17(3)11-15)24-14-20(23)13-22-9-8-18-6-4-5-7-19(18)12-22/h4-7,10-11,20,23H,8-9,12-14H2,1-3H3/t20-/m1/s1. The molecule has 0 unspecified atom stereocenters. The number of rotatable bonds is 5. The van der Waals surface area contributed by atoms with Crippen LogP contribution in [-0.2, 0) is 13.0 Å². The van der Waals surface area contributed by atoms with Crippen molar-refractivity contribution < 1.29 is 9.84 Å². The summed E-state index contributed by atoms with van der Waals surface area (Å²) < 4.78 is 5.92. The number of aryl methyl sites for hydroxylation is 3. The minimum absolute atomic E-state index is 0.336. The van der Waals surface area contributed by atoms with Gasteiger partial charge in [0.05, 0.1) is 0 Å². The lowest BCUT2D eigenvalue weighted by molar-refractivity contribution is 0.0633. The quantitative estimate of drug-likeness (QED) is 0.914. The number of benzene rings is 2. The van der Waals surface area contributed by atoms with Crippen LogP contribution in [0.5, 0.6) is 5.75 Å². The third-order valence-electron chi connectivity index (χ3n) is 4.70. The first kappa shape index (κ1) is 17.0. The lowest BCUT2D eigenvalue weighted by Gasteiger charge is -2.30. The summed E-state index contributed by atoms with van der Waals surface area (Å²) in [5.74, 6) is 0.906. The number of nitrogens with zero attached hydrogens (tertiary/aromatic N) is 1. The maximum atomic E-state index is 10.4. The molecule has 0 saturated heterocycles. The van der Waals surface area contributed by atoms with Crippen LogP contribution in [0.3, 0.4) is 0 Å². The Balaban J connectivity index is 1.55. The van der Waals surface area contributed by atoms with E-state index in [2.05, 4.69) is 62.1 Å². The first-order valence-electron chi connectivity index (χ1n) is 8.71. The Morgan fingerprint density at radius 2 is 1.75 bits per heavy atom. The Kier molecular flexibility index (Phi) is 5.22. The SMILES string of the molecule is Cc1cc(C)c(OC[C@H](O)CN2CCc3ccccc3C2)c(C)c1. The second-order valence-corrected chi connectivity index (χ2v) is 6.95. The molecule has 1 aliphatic heterocycles. The minimum atomic E-state index is -0.477. The van der Waals surface area contributed by atoms with Crippen molar-refractivity contribution in [2.24, 2.45) is 0 Å². The summed E-state index contributed by atoms with van der Waals surface area (Å²) in [7, 11) is 0. The Morgan fingerprint density at radius 1 is 1.08 bits per heavy atom.